The van der Waals surface area contributed by atoms with Crippen molar-refractivity contribution in [3.8, 4) is 11.8 Å². The topological polar surface area (TPSA) is 62.1 Å². The third kappa shape index (κ3) is 6.03. The van der Waals surface area contributed by atoms with Crippen molar-refractivity contribution in [1.82, 2.24) is 0 Å². The van der Waals surface area contributed by atoms with Crippen LogP contribution in [0.4, 0.5) is 10.1 Å². The van der Waals surface area contributed by atoms with Crippen molar-refractivity contribution in [2.24, 2.45) is 0 Å². The molecule has 1 N–H and O–H groups in total. The smallest absolute Gasteiger partial charge is 0.266 e. The van der Waals surface area contributed by atoms with Crippen LogP contribution >= 0.6 is 31.9 Å². The van der Waals surface area contributed by atoms with Gasteiger partial charge in [0.1, 0.15) is 29.8 Å². The van der Waals surface area contributed by atoms with E-state index in [0.29, 0.717) is 31.5 Å². The molecule has 0 aliphatic rings. The summed E-state index contributed by atoms with van der Waals surface area (Å²) in [7, 11) is 0. The lowest BCUT2D eigenvalue weighted by Gasteiger charge is -2.12. The van der Waals surface area contributed by atoms with Crippen LogP contribution in [0.1, 0.15) is 16.7 Å². The molecule has 0 bridgehead atoms. The quantitative estimate of drug-likeness (QED) is 0.275. The molecule has 3 aromatic rings. The Morgan fingerprint density at radius 2 is 1.84 bits per heavy atom. The van der Waals surface area contributed by atoms with E-state index in [0.717, 1.165) is 5.56 Å². The summed E-state index contributed by atoms with van der Waals surface area (Å²) in [5.41, 5.74) is 2.63. The van der Waals surface area contributed by atoms with Crippen LogP contribution in [0, 0.1) is 24.1 Å². The second-order valence-corrected chi connectivity index (χ2v) is 8.40. The predicted molar refractivity (Wildman–Crippen MR) is 126 cm³/mol. The number of nitrogens with one attached hydrogen (secondary N) is 1. The Hall–Kier alpha value is -2.95. The van der Waals surface area contributed by atoms with Crippen LogP contribution in [0.25, 0.3) is 6.08 Å². The number of halogens is 3. The van der Waals surface area contributed by atoms with Crippen LogP contribution in [0.5, 0.6) is 5.75 Å². The van der Waals surface area contributed by atoms with E-state index in [1.54, 1.807) is 36.4 Å². The average molecular weight is 544 g/mol. The largest absolute Gasteiger partial charge is 0.486 e. The van der Waals surface area contributed by atoms with E-state index in [1.807, 2.05) is 31.2 Å². The fourth-order valence-corrected chi connectivity index (χ4v) is 4.25. The molecule has 0 aliphatic carbocycles. The summed E-state index contributed by atoms with van der Waals surface area (Å²) in [4.78, 5) is 12.5. The van der Waals surface area contributed by atoms with E-state index in [2.05, 4.69) is 37.2 Å². The van der Waals surface area contributed by atoms with Crippen molar-refractivity contribution in [2.45, 2.75) is 13.5 Å². The van der Waals surface area contributed by atoms with Crippen LogP contribution in [-0.4, -0.2) is 5.91 Å². The van der Waals surface area contributed by atoms with Crippen LogP contribution in [0.15, 0.2) is 75.2 Å². The molecule has 0 fully saturated rings. The number of anilines is 1. The maximum Gasteiger partial charge on any atom is 0.266 e. The Bertz CT molecular complexity index is 1180. The van der Waals surface area contributed by atoms with Gasteiger partial charge < -0.3 is 10.1 Å². The van der Waals surface area contributed by atoms with E-state index in [4.69, 9.17) is 4.74 Å². The maximum absolute atomic E-state index is 13.8. The standard InChI is InChI=1S/C24H17Br2FN2O2/c1-15-5-4-7-19(9-15)29-24(30)18(13-28)10-16-11-20(25)23(21(26)12-16)31-14-17-6-2-3-8-22(17)27/h2-12H,14H2,1H3,(H,29,30)/b18-10-. The monoisotopic (exact) mass is 542 g/mol. The molecule has 0 saturated carbocycles. The van der Waals surface area contributed by atoms with Gasteiger partial charge in [-0.2, -0.15) is 5.26 Å². The summed E-state index contributed by atoms with van der Waals surface area (Å²) >= 11 is 6.88. The maximum atomic E-state index is 13.8. The number of rotatable bonds is 6. The van der Waals surface area contributed by atoms with Crippen LogP contribution < -0.4 is 10.1 Å². The molecule has 0 atom stereocenters. The Kier molecular flexibility index (Phi) is 7.61. The molecular formula is C24H17Br2FN2O2. The normalized spacial score (nSPS) is 11.0. The highest BCUT2D eigenvalue weighted by Crippen LogP contribution is 2.36. The number of ether oxygens (including phenoxy) is 1. The lowest BCUT2D eigenvalue weighted by atomic mass is 10.1. The molecule has 0 aliphatic heterocycles. The van der Waals surface area contributed by atoms with E-state index in [1.165, 1.54) is 12.1 Å². The summed E-state index contributed by atoms with van der Waals surface area (Å²) in [5, 5.41) is 12.2. The minimum Gasteiger partial charge on any atom is -0.486 e. The van der Waals surface area contributed by atoms with Crippen LogP contribution in [0.2, 0.25) is 0 Å². The van der Waals surface area contributed by atoms with Gasteiger partial charge in [-0.1, -0.05) is 30.3 Å². The molecule has 0 saturated heterocycles. The van der Waals surface area contributed by atoms with Gasteiger partial charge in [-0.05, 0) is 86.3 Å². The summed E-state index contributed by atoms with van der Waals surface area (Å²) in [6, 6.07) is 19.1. The molecule has 0 radical (unpaired) electrons. The van der Waals surface area contributed by atoms with Crippen molar-refractivity contribution >= 4 is 49.5 Å². The summed E-state index contributed by atoms with van der Waals surface area (Å²) in [6.45, 7) is 1.98. The summed E-state index contributed by atoms with van der Waals surface area (Å²) < 4.78 is 20.8. The third-order valence-electron chi connectivity index (χ3n) is 4.30. The Morgan fingerprint density at radius 1 is 1.13 bits per heavy atom. The van der Waals surface area contributed by atoms with E-state index in [-0.39, 0.29) is 18.0 Å². The molecule has 4 nitrogen and oxygen atoms in total. The van der Waals surface area contributed by atoms with Gasteiger partial charge in [0.05, 0.1) is 8.95 Å². The number of carbonyl (C=O) groups excluding carboxylic acids is 1. The average Bonchev–Trinajstić information content (AvgIpc) is 2.72. The highest BCUT2D eigenvalue weighted by atomic mass is 79.9. The number of benzene rings is 3. The molecule has 1 amide bonds. The fraction of sp³-hybridized carbons (Fsp3) is 0.0833. The first kappa shape index (κ1) is 22.7. The molecule has 3 aromatic carbocycles. The Balaban J connectivity index is 1.78. The van der Waals surface area contributed by atoms with Gasteiger partial charge in [-0.15, -0.1) is 0 Å². The van der Waals surface area contributed by atoms with Crippen LogP contribution in [-0.2, 0) is 11.4 Å². The van der Waals surface area contributed by atoms with Gasteiger partial charge in [0.2, 0.25) is 0 Å². The number of nitriles is 1. The highest BCUT2D eigenvalue weighted by molar-refractivity contribution is 9.11. The van der Waals surface area contributed by atoms with E-state index in [9.17, 15) is 14.4 Å². The summed E-state index contributed by atoms with van der Waals surface area (Å²) in [6.07, 6.45) is 1.49. The number of carbonyl (C=O) groups is 1. The van der Waals surface area contributed by atoms with E-state index >= 15 is 0 Å². The van der Waals surface area contributed by atoms with Gasteiger partial charge >= 0.3 is 0 Å². The lowest BCUT2D eigenvalue weighted by Crippen LogP contribution is -2.13. The zero-order chi connectivity index (χ0) is 22.4. The second kappa shape index (κ2) is 10.4. The SMILES string of the molecule is Cc1cccc(NC(=O)/C(C#N)=C\c2cc(Br)c(OCc3ccccc3F)c(Br)c2)c1. The van der Waals surface area contributed by atoms with Gasteiger partial charge in [0.25, 0.3) is 5.91 Å². The van der Waals surface area contributed by atoms with Gasteiger partial charge in [0, 0.05) is 11.3 Å². The Labute approximate surface area is 196 Å². The van der Waals surface area contributed by atoms with Crippen molar-refractivity contribution < 1.29 is 13.9 Å². The zero-order valence-corrected chi connectivity index (χ0v) is 19.6. The van der Waals surface area contributed by atoms with Crippen LogP contribution in [0.3, 0.4) is 0 Å². The molecule has 0 aromatic heterocycles. The Morgan fingerprint density at radius 3 is 2.48 bits per heavy atom. The molecule has 31 heavy (non-hydrogen) atoms. The van der Waals surface area contributed by atoms with Gasteiger partial charge in [-0.3, -0.25) is 4.79 Å². The molecule has 156 valence electrons. The van der Waals surface area contributed by atoms with Gasteiger partial charge in [0.15, 0.2) is 0 Å². The summed E-state index contributed by atoms with van der Waals surface area (Å²) in [5.74, 6) is -0.351. The number of hydrogen-bond donors (Lipinski definition) is 1. The lowest BCUT2D eigenvalue weighted by molar-refractivity contribution is -0.112. The first-order chi connectivity index (χ1) is 14.9. The number of hydrogen-bond acceptors (Lipinski definition) is 3. The molecule has 7 heteroatoms. The first-order valence-electron chi connectivity index (χ1n) is 9.22. The van der Waals surface area contributed by atoms with E-state index < -0.39 is 5.91 Å². The van der Waals surface area contributed by atoms with Crippen molar-refractivity contribution in [3.05, 3.63) is 97.7 Å². The molecule has 0 unspecified atom stereocenters. The molecule has 3 rings (SSSR count). The zero-order valence-electron chi connectivity index (χ0n) is 16.5. The molecule has 0 heterocycles. The van der Waals surface area contributed by atoms with Gasteiger partial charge in [-0.25, -0.2) is 4.39 Å². The molecular weight excluding hydrogens is 527 g/mol. The van der Waals surface area contributed by atoms with Crippen molar-refractivity contribution in [3.63, 3.8) is 0 Å². The minimum atomic E-state index is -0.500. The number of amides is 1. The molecule has 0 spiro atoms. The second-order valence-electron chi connectivity index (χ2n) is 6.69. The van der Waals surface area contributed by atoms with Crippen molar-refractivity contribution in [2.75, 3.05) is 5.32 Å². The fourth-order valence-electron chi connectivity index (χ4n) is 2.80. The third-order valence-corrected chi connectivity index (χ3v) is 5.48. The first-order valence-corrected chi connectivity index (χ1v) is 10.8. The number of nitrogens with zero attached hydrogens (tertiary/aromatic N) is 1. The van der Waals surface area contributed by atoms with Crippen molar-refractivity contribution in [1.29, 1.82) is 5.26 Å². The number of aryl methyl sites for hydroxylation is 1. The highest BCUT2D eigenvalue weighted by Gasteiger charge is 2.13. The predicted octanol–water partition coefficient (Wildman–Crippen LogP) is 6.78. The minimum absolute atomic E-state index is 0.0414.